The van der Waals surface area contributed by atoms with Crippen molar-refractivity contribution < 1.29 is 163 Å². The third-order valence-electron chi connectivity index (χ3n) is 2.35. The van der Waals surface area contributed by atoms with Crippen LogP contribution in [0.1, 0.15) is 0 Å². The Bertz CT molecular complexity index is 503. The summed E-state index contributed by atoms with van der Waals surface area (Å²) in [6.07, 6.45) is -14.6. The third-order valence-corrected chi connectivity index (χ3v) is 2.35. The van der Waals surface area contributed by atoms with Gasteiger partial charge in [0.25, 0.3) is 0 Å². The fourth-order valence-electron chi connectivity index (χ4n) is 0.773. The quantitative estimate of drug-likeness (QED) is 0.123. The first-order valence-electron chi connectivity index (χ1n) is 6.73. The summed E-state index contributed by atoms with van der Waals surface area (Å²) in [5, 5.41) is 107. The molecular weight excluding hydrogens is 657 g/mol. The molecule has 0 aliphatic rings. The molecule has 0 aromatic rings. The minimum atomic E-state index is -2.44. The van der Waals surface area contributed by atoms with Gasteiger partial charge in [-0.1, -0.05) is 0 Å². The van der Waals surface area contributed by atoms with Gasteiger partial charge in [-0.2, -0.15) is 0 Å². The Kier molecular flexibility index (Phi) is 50.0. The van der Waals surface area contributed by atoms with Crippen LogP contribution in [0.2, 0.25) is 0 Å². The molecule has 0 amide bonds. The number of hydrogen-bond acceptors (Lipinski definition) is 18. The second-order valence-corrected chi connectivity index (χ2v) is 4.58. The summed E-state index contributed by atoms with van der Waals surface area (Å²) in [5.74, 6) is -12.4. The monoisotopic (exact) mass is 678 g/mol. The summed E-state index contributed by atoms with van der Waals surface area (Å²) >= 11 is 0. The zero-order valence-electron chi connectivity index (χ0n) is 17.7. The van der Waals surface area contributed by atoms with Crippen molar-refractivity contribution in [3.8, 4) is 0 Å². The van der Waals surface area contributed by atoms with E-state index < -0.39 is 72.4 Å². The largest absolute Gasteiger partial charge is 3.00 e. The van der Waals surface area contributed by atoms with Gasteiger partial charge in [0.2, 0.25) is 0 Å². The summed E-state index contributed by atoms with van der Waals surface area (Å²) < 4.78 is 0. The molecule has 0 fully saturated rings. The van der Waals surface area contributed by atoms with Crippen molar-refractivity contribution in [3.63, 3.8) is 0 Å². The average Bonchev–Trinajstić information content (AvgIpc) is 2.64. The van der Waals surface area contributed by atoms with E-state index in [1.165, 1.54) is 0 Å². The first kappa shape index (κ1) is 59.8. The van der Waals surface area contributed by atoms with Gasteiger partial charge in [-0.05, 0) is 0 Å². The fraction of sp³-hybridized carbons (Fsp3) is 0.500. The van der Waals surface area contributed by atoms with Crippen LogP contribution in [0.4, 0.5) is 0 Å². The van der Waals surface area contributed by atoms with Crippen LogP contribution in [0.25, 0.3) is 0 Å². The Labute approximate surface area is 258 Å². The van der Waals surface area contributed by atoms with E-state index in [4.69, 9.17) is 30.6 Å². The van der Waals surface area contributed by atoms with Crippen LogP contribution < -0.4 is 82.0 Å². The van der Waals surface area contributed by atoms with Gasteiger partial charge in [0.1, 0.15) is 36.6 Å². The van der Waals surface area contributed by atoms with Crippen LogP contribution >= 0.6 is 0 Å². The predicted molar refractivity (Wildman–Crippen MR) is 88.9 cm³/mol. The molecule has 6 unspecified atom stereocenters. The van der Waals surface area contributed by atoms with Gasteiger partial charge in [-0.25, -0.2) is 0 Å². The van der Waals surface area contributed by atoms with Crippen LogP contribution in [0, 0.1) is 0 Å². The molecule has 208 valence electrons. The maximum atomic E-state index is 9.63. The number of aliphatic hydroxyl groups is 6. The number of carbonyl (C=O) groups excluding carboxylic acids is 6. The molecule has 0 aromatic carbocycles. The van der Waals surface area contributed by atoms with Crippen molar-refractivity contribution in [2.75, 3.05) is 0 Å². The van der Waals surface area contributed by atoms with Gasteiger partial charge in [-0.15, -0.1) is 0 Å². The molecule has 0 aromatic heterocycles. The first-order valence-corrected chi connectivity index (χ1v) is 6.73. The zero-order valence-corrected chi connectivity index (χ0v) is 23.4. The molecule has 0 aliphatic heterocycles. The van der Waals surface area contributed by atoms with Crippen molar-refractivity contribution in [2.45, 2.75) is 36.6 Å². The molecule has 0 bridgehead atoms. The molecule has 24 heteroatoms. The average molecular weight is 679 g/mol. The molecule has 0 saturated heterocycles. The van der Waals surface area contributed by atoms with E-state index in [1.807, 2.05) is 0 Å². The number of hydrogen-bond donors (Lipinski definition) is 6. The van der Waals surface area contributed by atoms with Crippen LogP contribution in [-0.4, -0.2) is 144 Å². The van der Waals surface area contributed by atoms with Crippen LogP contribution in [-0.2, 0) is 34.2 Å². The molecule has 0 aliphatic carbocycles. The number of carbonyl (C=O) groups is 6. The smallest absolute Gasteiger partial charge is 0.873 e. The maximum Gasteiger partial charge on any atom is 3.00 e. The standard InChI is InChI=1S/3C4H6O6.K.H4O.3H2O.Sb/c3*5-1(3(7)8)2(6)4(9)10;;;;;;/h3*1-2,5-6H,(H,7,8)(H,9,10);;1H4;3*1H2;/q;;;+1;+2;;;;+3/p-6. The van der Waals surface area contributed by atoms with Crippen molar-refractivity contribution in [1.82, 2.24) is 0 Å². The molecule has 22 nitrogen and oxygen atoms in total. The van der Waals surface area contributed by atoms with Crippen LogP contribution in [0.15, 0.2) is 0 Å². The second-order valence-electron chi connectivity index (χ2n) is 4.58. The summed E-state index contributed by atoms with van der Waals surface area (Å²) in [7, 11) is 0. The summed E-state index contributed by atoms with van der Waals surface area (Å²) in [4.78, 5) is 57.8. The summed E-state index contributed by atoms with van der Waals surface area (Å²) in [6.45, 7) is 0. The number of rotatable bonds is 9. The molecule has 0 spiro atoms. The molecule has 0 heterocycles. The molecular formula is C12H22KO22Sb. The van der Waals surface area contributed by atoms with Gasteiger partial charge in [0, 0.05) is 0 Å². The van der Waals surface area contributed by atoms with Crippen molar-refractivity contribution in [1.29, 1.82) is 0 Å². The number of aliphatic carboxylic acids is 6. The van der Waals surface area contributed by atoms with Crippen LogP contribution in [0.3, 0.4) is 0 Å². The zero-order chi connectivity index (χ0) is 24.9. The van der Waals surface area contributed by atoms with Crippen molar-refractivity contribution in [3.05, 3.63) is 0 Å². The Hall–Kier alpha value is -1.13. The summed E-state index contributed by atoms with van der Waals surface area (Å²) in [5.41, 5.74) is 0. The van der Waals surface area contributed by atoms with Gasteiger partial charge in [0.05, 0.1) is 35.8 Å². The van der Waals surface area contributed by atoms with Gasteiger partial charge >= 0.3 is 75.8 Å². The molecule has 0 saturated carbocycles. The normalized spacial score (nSPS) is 13.2. The van der Waals surface area contributed by atoms with E-state index in [9.17, 15) is 59.4 Å². The van der Waals surface area contributed by atoms with Gasteiger partial charge < -0.3 is 112 Å². The Balaban J connectivity index is -0.0000000401. The van der Waals surface area contributed by atoms with Crippen molar-refractivity contribution in [2.24, 2.45) is 0 Å². The molecule has 2 radical (unpaired) electrons. The Morgan fingerprint density at radius 1 is 0.389 bits per heavy atom. The molecule has 6 atom stereocenters. The predicted octanol–water partition coefficient (Wildman–Crippen LogP) is -21.4. The molecule has 36 heavy (non-hydrogen) atoms. The van der Waals surface area contributed by atoms with Gasteiger partial charge in [-0.3, -0.25) is 0 Å². The van der Waals surface area contributed by atoms with E-state index in [0.29, 0.717) is 0 Å². The fourth-order valence-corrected chi connectivity index (χ4v) is 0.773. The second kappa shape index (κ2) is 30.1. The van der Waals surface area contributed by atoms with E-state index in [1.54, 1.807) is 0 Å². The van der Waals surface area contributed by atoms with E-state index in [-0.39, 0.29) is 97.7 Å². The van der Waals surface area contributed by atoms with E-state index >= 15 is 0 Å². The minimum Gasteiger partial charge on any atom is -0.873 e. The topological polar surface area (TPSA) is 491 Å². The first-order chi connectivity index (χ1) is 13.4. The Morgan fingerprint density at radius 2 is 0.444 bits per heavy atom. The molecule has 16 N–H and O–H groups in total. The Morgan fingerprint density at radius 3 is 0.472 bits per heavy atom. The number of aliphatic hydroxyl groups excluding tert-OH is 6. The van der Waals surface area contributed by atoms with Gasteiger partial charge in [0.15, 0.2) is 0 Å². The van der Waals surface area contributed by atoms with E-state index in [2.05, 4.69) is 0 Å². The minimum absolute atomic E-state index is 0. The number of carboxylic acid groups (broad SMARTS) is 6. The summed E-state index contributed by atoms with van der Waals surface area (Å²) in [6, 6.07) is 0. The van der Waals surface area contributed by atoms with Crippen LogP contribution in [0.5, 0.6) is 0 Å². The molecule has 0 rings (SSSR count). The maximum absolute atomic E-state index is 9.63. The third kappa shape index (κ3) is 27.5. The number of carboxylic acids is 6. The van der Waals surface area contributed by atoms with Crippen molar-refractivity contribution >= 4 is 60.2 Å². The SMILES string of the molecule is O.O.O.O=C([O-])C(O)C(O)C(=O)[O-].O=C([O-])C(O)C(O)C(=O)[O-].O=C([O-])C(O)C(O)C(=O)[O-].[K+].[OH4+2].[Sb+3]. The van der Waals surface area contributed by atoms with E-state index in [0.717, 1.165) is 0 Å².